The summed E-state index contributed by atoms with van der Waals surface area (Å²) in [6.45, 7) is 9.08. The maximum absolute atomic E-state index is 11.8. The van der Waals surface area contributed by atoms with E-state index >= 15 is 0 Å². The van der Waals surface area contributed by atoms with Crippen LogP contribution in [0, 0.1) is 0 Å². The molecule has 2 aromatic heterocycles. The highest BCUT2D eigenvalue weighted by Gasteiger charge is 2.15. The van der Waals surface area contributed by atoms with Crippen molar-refractivity contribution in [3.8, 4) is 16.9 Å². The average Bonchev–Trinajstić information content (AvgIpc) is 2.99. The Morgan fingerprint density at radius 3 is 2.56 bits per heavy atom. The number of benzene rings is 1. The van der Waals surface area contributed by atoms with E-state index in [1.165, 1.54) is 11.1 Å². The highest BCUT2D eigenvalue weighted by molar-refractivity contribution is 5.90. The number of rotatable bonds is 6. The van der Waals surface area contributed by atoms with Crippen molar-refractivity contribution in [2.75, 3.05) is 6.61 Å². The first-order valence-electron chi connectivity index (χ1n) is 8.95. The van der Waals surface area contributed by atoms with Crippen LogP contribution in [0.15, 0.2) is 42.6 Å². The minimum Gasteiger partial charge on any atom is -0.494 e. The fourth-order valence-corrected chi connectivity index (χ4v) is 3.25. The lowest BCUT2D eigenvalue weighted by atomic mass is 9.96. The summed E-state index contributed by atoms with van der Waals surface area (Å²) in [4.78, 5) is 11.8. The molecule has 3 rings (SSSR count). The zero-order chi connectivity index (χ0) is 18.0. The number of hydrogen-bond donors (Lipinski definition) is 0. The van der Waals surface area contributed by atoms with Crippen molar-refractivity contribution in [1.29, 1.82) is 0 Å². The summed E-state index contributed by atoms with van der Waals surface area (Å²) in [7, 11) is 0. The molecule has 3 aromatic rings. The number of aromatic nitrogens is 1. The fraction of sp³-hybridized carbons (Fsp3) is 0.318. The summed E-state index contributed by atoms with van der Waals surface area (Å²) in [5.41, 5.74) is 6.13. The number of ether oxygens (including phenoxy) is 1. The van der Waals surface area contributed by atoms with Gasteiger partial charge in [0.2, 0.25) is 0 Å². The molecule has 0 aliphatic heterocycles. The van der Waals surface area contributed by atoms with Gasteiger partial charge in [-0.15, -0.1) is 0 Å². The molecule has 0 aliphatic carbocycles. The molecular formula is C22H25NO2. The van der Waals surface area contributed by atoms with Crippen LogP contribution in [0.1, 0.15) is 55.2 Å². The van der Waals surface area contributed by atoms with Gasteiger partial charge >= 0.3 is 0 Å². The molecule has 0 bridgehead atoms. The van der Waals surface area contributed by atoms with Crippen molar-refractivity contribution in [3.05, 3.63) is 59.4 Å². The van der Waals surface area contributed by atoms with Gasteiger partial charge < -0.3 is 9.14 Å². The van der Waals surface area contributed by atoms with Gasteiger partial charge in [-0.1, -0.05) is 32.9 Å². The van der Waals surface area contributed by atoms with Gasteiger partial charge in [-0.25, -0.2) is 0 Å². The average molecular weight is 335 g/mol. The maximum atomic E-state index is 11.8. The largest absolute Gasteiger partial charge is 0.494 e. The molecule has 0 amide bonds. The van der Waals surface area contributed by atoms with E-state index in [-0.39, 0.29) is 0 Å². The van der Waals surface area contributed by atoms with Crippen molar-refractivity contribution in [2.45, 2.75) is 40.0 Å². The molecule has 0 N–H and O–H groups in total. The molecule has 0 saturated carbocycles. The molecule has 0 saturated heterocycles. The summed E-state index contributed by atoms with van der Waals surface area (Å²) < 4.78 is 7.75. The maximum Gasteiger partial charge on any atom is 0.167 e. The van der Waals surface area contributed by atoms with Gasteiger partial charge in [0, 0.05) is 17.3 Å². The molecule has 3 nitrogen and oxygen atoms in total. The van der Waals surface area contributed by atoms with Crippen LogP contribution in [0.2, 0.25) is 0 Å². The molecule has 1 aromatic carbocycles. The molecule has 0 unspecified atom stereocenters. The number of carbonyl (C=O) groups is 1. The second-order valence-corrected chi connectivity index (χ2v) is 6.59. The van der Waals surface area contributed by atoms with Gasteiger partial charge in [-0.3, -0.25) is 4.79 Å². The molecule has 0 fully saturated rings. The van der Waals surface area contributed by atoms with Crippen molar-refractivity contribution >= 4 is 11.8 Å². The Kier molecular flexibility index (Phi) is 4.93. The third kappa shape index (κ3) is 3.19. The molecule has 0 radical (unpaired) electrons. The van der Waals surface area contributed by atoms with Crippen LogP contribution >= 0.6 is 0 Å². The van der Waals surface area contributed by atoms with E-state index in [1.807, 2.05) is 23.5 Å². The van der Waals surface area contributed by atoms with E-state index in [4.69, 9.17) is 4.74 Å². The minimum atomic E-state index is 0.352. The SMILES string of the molecule is CCOc1ccc(-c2cc3ccc(CC)cn3c2C=O)cc1C(C)C. The molecule has 0 spiro atoms. The van der Waals surface area contributed by atoms with Gasteiger partial charge in [0.05, 0.1) is 12.3 Å². The lowest BCUT2D eigenvalue weighted by Crippen LogP contribution is -1.99. The Labute approximate surface area is 149 Å². The van der Waals surface area contributed by atoms with E-state index in [0.717, 1.165) is 35.1 Å². The van der Waals surface area contributed by atoms with E-state index in [2.05, 4.69) is 51.2 Å². The first kappa shape index (κ1) is 17.3. The number of hydrogen-bond acceptors (Lipinski definition) is 2. The topological polar surface area (TPSA) is 30.7 Å². The number of aryl methyl sites for hydroxylation is 1. The Morgan fingerprint density at radius 1 is 1.12 bits per heavy atom. The van der Waals surface area contributed by atoms with Crippen LogP contribution in [-0.4, -0.2) is 17.3 Å². The Hall–Kier alpha value is -2.55. The van der Waals surface area contributed by atoms with Gasteiger partial charge in [0.15, 0.2) is 6.29 Å². The third-order valence-corrected chi connectivity index (χ3v) is 4.63. The Morgan fingerprint density at radius 2 is 1.92 bits per heavy atom. The molecule has 3 heteroatoms. The number of aldehydes is 1. The quantitative estimate of drug-likeness (QED) is 0.557. The second kappa shape index (κ2) is 7.14. The molecule has 0 aliphatic rings. The number of carbonyl (C=O) groups excluding carboxylic acids is 1. The van der Waals surface area contributed by atoms with E-state index in [1.54, 1.807) is 0 Å². The van der Waals surface area contributed by atoms with Crippen LogP contribution in [0.5, 0.6) is 5.75 Å². The van der Waals surface area contributed by atoms with Crippen LogP contribution in [0.25, 0.3) is 16.6 Å². The molecule has 2 heterocycles. The highest BCUT2D eigenvalue weighted by atomic mass is 16.5. The van der Waals surface area contributed by atoms with Crippen LogP contribution in [0.4, 0.5) is 0 Å². The van der Waals surface area contributed by atoms with Gasteiger partial charge in [-0.2, -0.15) is 0 Å². The van der Waals surface area contributed by atoms with Crippen molar-refractivity contribution in [3.63, 3.8) is 0 Å². The monoisotopic (exact) mass is 335 g/mol. The molecule has 25 heavy (non-hydrogen) atoms. The van der Waals surface area contributed by atoms with E-state index < -0.39 is 0 Å². The van der Waals surface area contributed by atoms with Crippen molar-refractivity contribution in [1.82, 2.24) is 4.40 Å². The van der Waals surface area contributed by atoms with Crippen LogP contribution < -0.4 is 4.74 Å². The third-order valence-electron chi connectivity index (χ3n) is 4.63. The van der Waals surface area contributed by atoms with E-state index in [9.17, 15) is 4.79 Å². The summed E-state index contributed by atoms with van der Waals surface area (Å²) >= 11 is 0. The van der Waals surface area contributed by atoms with Crippen LogP contribution in [-0.2, 0) is 6.42 Å². The van der Waals surface area contributed by atoms with Crippen molar-refractivity contribution < 1.29 is 9.53 Å². The molecule has 0 atom stereocenters. The zero-order valence-electron chi connectivity index (χ0n) is 15.4. The predicted octanol–water partition coefficient (Wildman–Crippen LogP) is 5.50. The summed E-state index contributed by atoms with van der Waals surface area (Å²) in [5.74, 6) is 1.27. The lowest BCUT2D eigenvalue weighted by molar-refractivity contribution is 0.111. The van der Waals surface area contributed by atoms with Gasteiger partial charge in [0.1, 0.15) is 5.75 Å². The lowest BCUT2D eigenvalue weighted by Gasteiger charge is -2.14. The fourth-order valence-electron chi connectivity index (χ4n) is 3.25. The summed E-state index contributed by atoms with van der Waals surface area (Å²) in [6.07, 6.45) is 3.95. The standard InChI is InChI=1S/C22H25NO2/c1-5-16-7-9-18-12-20(21(14-24)23(18)13-16)17-8-10-22(25-6-2)19(11-17)15(3)4/h7-15H,5-6H2,1-4H3. The Balaban J connectivity index is 2.18. The highest BCUT2D eigenvalue weighted by Crippen LogP contribution is 2.34. The molecule has 130 valence electrons. The van der Waals surface area contributed by atoms with Gasteiger partial charge in [-0.05, 0) is 60.2 Å². The summed E-state index contributed by atoms with van der Waals surface area (Å²) in [6, 6.07) is 12.5. The Bertz CT molecular complexity index is 906. The normalized spacial score (nSPS) is 11.2. The summed E-state index contributed by atoms with van der Waals surface area (Å²) in [5, 5.41) is 0. The first-order chi connectivity index (χ1) is 12.1. The van der Waals surface area contributed by atoms with Crippen molar-refractivity contribution in [2.24, 2.45) is 0 Å². The number of nitrogens with zero attached hydrogens (tertiary/aromatic N) is 1. The zero-order valence-corrected chi connectivity index (χ0v) is 15.4. The smallest absolute Gasteiger partial charge is 0.167 e. The first-order valence-corrected chi connectivity index (χ1v) is 8.95. The minimum absolute atomic E-state index is 0.352. The number of fused-ring (bicyclic) bond motifs is 1. The predicted molar refractivity (Wildman–Crippen MR) is 103 cm³/mol. The van der Waals surface area contributed by atoms with Gasteiger partial charge in [0.25, 0.3) is 0 Å². The molecular weight excluding hydrogens is 310 g/mol. The van der Waals surface area contributed by atoms with E-state index in [0.29, 0.717) is 18.2 Å². The van der Waals surface area contributed by atoms with Crippen LogP contribution in [0.3, 0.4) is 0 Å². The number of pyridine rings is 1. The second-order valence-electron chi connectivity index (χ2n) is 6.59.